The molecule has 0 radical (unpaired) electrons. The van der Waals surface area contributed by atoms with Crippen LogP contribution in [0.4, 0.5) is 4.79 Å². The number of carbonyl (C=O) groups is 2. The molecule has 0 aliphatic carbocycles. The van der Waals surface area contributed by atoms with E-state index in [1.165, 1.54) is 18.2 Å². The molecule has 166 valence electrons. The van der Waals surface area contributed by atoms with Crippen LogP contribution in [0.5, 0.6) is 0 Å². The summed E-state index contributed by atoms with van der Waals surface area (Å²) in [7, 11) is -3.86. The van der Waals surface area contributed by atoms with Crippen molar-refractivity contribution in [3.63, 3.8) is 0 Å². The Kier molecular flexibility index (Phi) is 6.17. The molecule has 1 atom stereocenters. The number of nitrogens with one attached hydrogen (secondary N) is 1. The summed E-state index contributed by atoms with van der Waals surface area (Å²) in [6.45, 7) is 7.56. The van der Waals surface area contributed by atoms with Crippen LogP contribution >= 0.6 is 23.2 Å². The third-order valence-electron chi connectivity index (χ3n) is 5.42. The fraction of sp³-hybridized carbons (Fsp3) is 0.364. The molecule has 0 saturated carbocycles. The van der Waals surface area contributed by atoms with Crippen LogP contribution in [0.2, 0.25) is 10.0 Å². The van der Waals surface area contributed by atoms with Crippen LogP contribution in [0.15, 0.2) is 47.4 Å². The van der Waals surface area contributed by atoms with Gasteiger partial charge in [0, 0.05) is 11.6 Å². The minimum atomic E-state index is -3.86. The third kappa shape index (κ3) is 4.59. The number of urea groups is 1. The maximum absolute atomic E-state index is 13.1. The summed E-state index contributed by atoms with van der Waals surface area (Å²) in [4.78, 5) is 26.4. The van der Waals surface area contributed by atoms with E-state index in [1.54, 1.807) is 6.92 Å². The first-order chi connectivity index (χ1) is 14.3. The first kappa shape index (κ1) is 23.6. The van der Waals surface area contributed by atoms with Gasteiger partial charge in [-0.3, -0.25) is 9.69 Å². The van der Waals surface area contributed by atoms with Gasteiger partial charge in [0.25, 0.3) is 5.91 Å². The molecule has 1 aliphatic heterocycles. The molecule has 2 aromatic carbocycles. The monoisotopic (exact) mass is 482 g/mol. The third-order valence-corrected chi connectivity index (χ3v) is 7.82. The van der Waals surface area contributed by atoms with Crippen molar-refractivity contribution in [1.29, 1.82) is 0 Å². The molecule has 1 heterocycles. The van der Waals surface area contributed by atoms with E-state index >= 15 is 0 Å². The Morgan fingerprint density at radius 1 is 1.03 bits per heavy atom. The molecule has 1 unspecified atom stereocenters. The number of rotatable bonds is 5. The van der Waals surface area contributed by atoms with Crippen LogP contribution in [0.25, 0.3) is 0 Å². The zero-order chi connectivity index (χ0) is 23.2. The Balaban J connectivity index is 1.81. The lowest BCUT2D eigenvalue weighted by molar-refractivity contribution is -0.130. The van der Waals surface area contributed by atoms with E-state index in [-0.39, 0.29) is 26.9 Å². The van der Waals surface area contributed by atoms with Crippen LogP contribution in [-0.4, -0.2) is 37.6 Å². The van der Waals surface area contributed by atoms with E-state index in [1.807, 2.05) is 24.3 Å². The minimum absolute atomic E-state index is 0.0328. The van der Waals surface area contributed by atoms with Crippen molar-refractivity contribution in [2.45, 2.75) is 43.5 Å². The minimum Gasteiger partial charge on any atom is -0.319 e. The van der Waals surface area contributed by atoms with Crippen molar-refractivity contribution in [3.8, 4) is 0 Å². The number of halogens is 2. The second-order valence-corrected chi connectivity index (χ2v) is 11.7. The summed E-state index contributed by atoms with van der Waals surface area (Å²) in [6.07, 6.45) is 0. The van der Waals surface area contributed by atoms with Gasteiger partial charge in [0.15, 0.2) is 9.84 Å². The second-order valence-electron chi connectivity index (χ2n) is 8.73. The summed E-state index contributed by atoms with van der Waals surface area (Å²) in [5, 5.41) is 2.96. The highest BCUT2D eigenvalue weighted by molar-refractivity contribution is 7.91. The average molecular weight is 483 g/mol. The Hall–Kier alpha value is -2.09. The largest absolute Gasteiger partial charge is 0.325 e. The highest BCUT2D eigenvalue weighted by atomic mass is 35.5. The molecule has 3 rings (SSSR count). The average Bonchev–Trinajstić information content (AvgIpc) is 2.91. The molecule has 2 aromatic rings. The lowest BCUT2D eigenvalue weighted by Gasteiger charge is -2.24. The second kappa shape index (κ2) is 8.11. The standard InChI is InChI=1S/C22H24Cl2N2O4S/c1-21(2,3)14-5-7-15(8-6-14)22(4)19(27)26(20(28)25-22)11-12-31(29,30)18-13-16(23)9-10-17(18)24/h5-10,13H,11-12H2,1-4H3,(H,25,28). The van der Waals surface area contributed by atoms with E-state index < -0.39 is 33.1 Å². The molecule has 0 bridgehead atoms. The summed E-state index contributed by atoms with van der Waals surface area (Å²) in [5.41, 5.74) is 0.398. The molecule has 9 heteroatoms. The maximum Gasteiger partial charge on any atom is 0.325 e. The van der Waals surface area contributed by atoms with Crippen molar-refractivity contribution in [3.05, 3.63) is 63.6 Å². The molecule has 1 saturated heterocycles. The van der Waals surface area contributed by atoms with Gasteiger partial charge in [0.2, 0.25) is 0 Å². The molecule has 1 aliphatic rings. The molecular weight excluding hydrogens is 459 g/mol. The van der Waals surface area contributed by atoms with E-state index in [2.05, 4.69) is 26.1 Å². The van der Waals surface area contributed by atoms with Gasteiger partial charge in [-0.15, -0.1) is 0 Å². The molecule has 0 spiro atoms. The number of amides is 3. The van der Waals surface area contributed by atoms with Gasteiger partial charge in [-0.2, -0.15) is 0 Å². The zero-order valence-corrected chi connectivity index (χ0v) is 20.0. The molecular formula is C22H24Cl2N2O4S. The Morgan fingerprint density at radius 3 is 2.23 bits per heavy atom. The quantitative estimate of drug-likeness (QED) is 0.634. The summed E-state index contributed by atoms with van der Waals surface area (Å²) in [5.74, 6) is -0.973. The number of carbonyl (C=O) groups excluding carboxylic acids is 2. The van der Waals surface area contributed by atoms with Crippen molar-refractivity contribution < 1.29 is 18.0 Å². The molecule has 1 fully saturated rings. The smallest absolute Gasteiger partial charge is 0.319 e. The van der Waals surface area contributed by atoms with E-state index in [9.17, 15) is 18.0 Å². The Morgan fingerprint density at radius 2 is 1.65 bits per heavy atom. The van der Waals surface area contributed by atoms with Gasteiger partial charge in [-0.1, -0.05) is 68.2 Å². The molecule has 6 nitrogen and oxygen atoms in total. The van der Waals surface area contributed by atoms with Gasteiger partial charge in [0.05, 0.1) is 15.7 Å². The highest BCUT2D eigenvalue weighted by Crippen LogP contribution is 2.32. The van der Waals surface area contributed by atoms with Crippen LogP contribution < -0.4 is 5.32 Å². The zero-order valence-electron chi connectivity index (χ0n) is 17.7. The number of sulfone groups is 1. The fourth-order valence-electron chi connectivity index (χ4n) is 3.44. The predicted octanol–water partition coefficient (Wildman–Crippen LogP) is 4.53. The van der Waals surface area contributed by atoms with E-state index in [0.717, 1.165) is 10.5 Å². The van der Waals surface area contributed by atoms with E-state index in [4.69, 9.17) is 23.2 Å². The summed E-state index contributed by atoms with van der Waals surface area (Å²) >= 11 is 11.9. The Bertz CT molecular complexity index is 1140. The van der Waals surface area contributed by atoms with Crippen LogP contribution in [0.3, 0.4) is 0 Å². The van der Waals surface area contributed by atoms with Gasteiger partial charge in [-0.25, -0.2) is 13.2 Å². The van der Waals surface area contributed by atoms with Gasteiger partial charge >= 0.3 is 6.03 Å². The first-order valence-corrected chi connectivity index (χ1v) is 12.1. The Labute approximate surface area is 192 Å². The van der Waals surface area contributed by atoms with Crippen molar-refractivity contribution in [2.75, 3.05) is 12.3 Å². The maximum atomic E-state index is 13.1. The van der Waals surface area contributed by atoms with Crippen molar-refractivity contribution >= 4 is 45.0 Å². The number of nitrogens with zero attached hydrogens (tertiary/aromatic N) is 1. The molecule has 31 heavy (non-hydrogen) atoms. The SMILES string of the molecule is CC(C)(C)c1ccc(C2(C)NC(=O)N(CCS(=O)(=O)c3cc(Cl)ccc3Cl)C2=O)cc1. The molecule has 1 N–H and O–H groups in total. The normalized spacial score (nSPS) is 19.6. The molecule has 3 amide bonds. The summed E-state index contributed by atoms with van der Waals surface area (Å²) in [6, 6.07) is 11.0. The lowest BCUT2D eigenvalue weighted by Crippen LogP contribution is -2.41. The van der Waals surface area contributed by atoms with Gasteiger partial charge in [0.1, 0.15) is 5.54 Å². The van der Waals surface area contributed by atoms with Gasteiger partial charge in [-0.05, 0) is 41.7 Å². The van der Waals surface area contributed by atoms with Crippen molar-refractivity contribution in [1.82, 2.24) is 10.2 Å². The number of benzene rings is 2. The lowest BCUT2D eigenvalue weighted by atomic mass is 9.84. The number of imide groups is 1. The first-order valence-electron chi connectivity index (χ1n) is 9.69. The molecule has 0 aromatic heterocycles. The van der Waals surface area contributed by atoms with Crippen LogP contribution in [-0.2, 0) is 25.6 Å². The fourth-order valence-corrected chi connectivity index (χ4v) is 5.46. The summed E-state index contributed by atoms with van der Waals surface area (Å²) < 4.78 is 25.5. The number of hydrogen-bond acceptors (Lipinski definition) is 4. The van der Waals surface area contributed by atoms with Crippen LogP contribution in [0, 0.1) is 0 Å². The van der Waals surface area contributed by atoms with E-state index in [0.29, 0.717) is 5.56 Å². The topological polar surface area (TPSA) is 83.6 Å². The van der Waals surface area contributed by atoms with Crippen molar-refractivity contribution in [2.24, 2.45) is 0 Å². The number of hydrogen-bond donors (Lipinski definition) is 1. The van der Waals surface area contributed by atoms with Crippen LogP contribution in [0.1, 0.15) is 38.8 Å². The highest BCUT2D eigenvalue weighted by Gasteiger charge is 2.49. The predicted molar refractivity (Wildman–Crippen MR) is 121 cm³/mol. The van der Waals surface area contributed by atoms with Gasteiger partial charge < -0.3 is 5.32 Å².